The average molecular weight is 544 g/mol. The van der Waals surface area contributed by atoms with Crippen LogP contribution in [-0.2, 0) is 25.6 Å². The van der Waals surface area contributed by atoms with Gasteiger partial charge in [0.15, 0.2) is 6.04 Å². The van der Waals surface area contributed by atoms with E-state index in [4.69, 9.17) is 9.47 Å². The van der Waals surface area contributed by atoms with Gasteiger partial charge in [-0.15, -0.1) is 0 Å². The predicted octanol–water partition coefficient (Wildman–Crippen LogP) is 3.39. The van der Waals surface area contributed by atoms with Gasteiger partial charge in [-0.3, -0.25) is 9.69 Å². The number of carboxylic acid groups (broad SMARTS) is 1. The first-order valence-corrected chi connectivity index (χ1v) is 13.3. The molecule has 0 aromatic heterocycles. The molecule has 3 aromatic carbocycles. The molecule has 208 valence electrons. The first-order chi connectivity index (χ1) is 19.4. The van der Waals surface area contributed by atoms with Gasteiger partial charge in [-0.05, 0) is 34.2 Å². The maximum absolute atomic E-state index is 13.6. The molecule has 3 N–H and O–H groups in total. The number of carbonyl (C=O) groups is 3. The fourth-order valence-electron chi connectivity index (χ4n) is 5.68. The van der Waals surface area contributed by atoms with E-state index in [1.54, 1.807) is 0 Å². The normalized spacial score (nSPS) is 18.9. The number of benzene rings is 3. The Morgan fingerprint density at radius 2 is 1.60 bits per heavy atom. The Morgan fingerprint density at radius 1 is 0.975 bits per heavy atom. The molecule has 3 aromatic rings. The Balaban J connectivity index is 1.31. The van der Waals surface area contributed by atoms with Crippen LogP contribution in [0.3, 0.4) is 0 Å². The number of nitrogens with zero attached hydrogens (tertiary/aromatic N) is 1. The monoisotopic (exact) mass is 543 g/mol. The Bertz CT molecular complexity index is 1330. The van der Waals surface area contributed by atoms with E-state index < -0.39 is 29.6 Å². The van der Waals surface area contributed by atoms with Gasteiger partial charge in [0, 0.05) is 32.7 Å². The van der Waals surface area contributed by atoms with Gasteiger partial charge >= 0.3 is 12.1 Å². The highest BCUT2D eigenvalue weighted by atomic mass is 16.5. The Labute approximate surface area is 233 Å². The zero-order valence-electron chi connectivity index (χ0n) is 22.3. The number of carbonyl (C=O) groups excluding carboxylic acids is 2. The van der Waals surface area contributed by atoms with Crippen LogP contribution in [0.5, 0.6) is 0 Å². The molecule has 0 spiro atoms. The highest BCUT2D eigenvalue weighted by molar-refractivity contribution is 5.93. The van der Waals surface area contributed by atoms with Crippen molar-refractivity contribution < 1.29 is 29.0 Å². The van der Waals surface area contributed by atoms with Crippen LogP contribution >= 0.6 is 0 Å². The maximum Gasteiger partial charge on any atom is 0.408 e. The number of ether oxygens (including phenoxy) is 2. The van der Waals surface area contributed by atoms with Crippen molar-refractivity contribution in [2.24, 2.45) is 0 Å². The second-order valence-electron chi connectivity index (χ2n) is 10.3. The summed E-state index contributed by atoms with van der Waals surface area (Å²) in [4.78, 5) is 40.5. The number of rotatable bonds is 10. The molecular weight excluding hydrogens is 510 g/mol. The summed E-state index contributed by atoms with van der Waals surface area (Å²) in [7, 11) is 1.37. The zero-order chi connectivity index (χ0) is 28.1. The summed E-state index contributed by atoms with van der Waals surface area (Å²) in [5.41, 5.74) is 4.12. The molecule has 2 atom stereocenters. The topological polar surface area (TPSA) is 117 Å². The third-order valence-electron chi connectivity index (χ3n) is 7.65. The van der Waals surface area contributed by atoms with E-state index in [1.165, 1.54) is 7.11 Å². The smallest absolute Gasteiger partial charge is 0.408 e. The number of likely N-dealkylation sites (tertiary alicyclic amines) is 1. The summed E-state index contributed by atoms with van der Waals surface area (Å²) in [5.74, 6) is -1.93. The lowest BCUT2D eigenvalue weighted by molar-refractivity contribution is -0.144. The zero-order valence-corrected chi connectivity index (χ0v) is 22.3. The van der Waals surface area contributed by atoms with Gasteiger partial charge in [0.25, 0.3) is 0 Å². The lowest BCUT2D eigenvalue weighted by Gasteiger charge is -2.30. The molecule has 40 heavy (non-hydrogen) atoms. The van der Waals surface area contributed by atoms with Crippen LogP contribution in [0.25, 0.3) is 11.1 Å². The molecule has 2 aliphatic rings. The SMILES string of the molecule is COC[C@H](NC(=O)C1(NC(=O)OCC2c3ccccc3-c3ccccc32)CCN(Cc2ccccc2)C1)C(=O)O. The largest absolute Gasteiger partial charge is 0.480 e. The van der Waals surface area contributed by atoms with Crippen molar-refractivity contribution >= 4 is 18.0 Å². The van der Waals surface area contributed by atoms with Crippen LogP contribution < -0.4 is 10.6 Å². The summed E-state index contributed by atoms with van der Waals surface area (Å²) in [6.45, 7) is 1.23. The van der Waals surface area contributed by atoms with Crippen LogP contribution in [0.1, 0.15) is 29.0 Å². The molecule has 1 unspecified atom stereocenters. The van der Waals surface area contributed by atoms with Gasteiger partial charge in [-0.25, -0.2) is 9.59 Å². The van der Waals surface area contributed by atoms with Crippen LogP contribution in [0.4, 0.5) is 4.79 Å². The molecule has 0 bridgehead atoms. The summed E-state index contributed by atoms with van der Waals surface area (Å²) in [6.07, 6.45) is -0.424. The Morgan fingerprint density at radius 3 is 2.23 bits per heavy atom. The van der Waals surface area contributed by atoms with Gasteiger partial charge in [0.1, 0.15) is 12.1 Å². The molecule has 1 aliphatic carbocycles. The fourth-order valence-corrected chi connectivity index (χ4v) is 5.68. The number of nitrogens with one attached hydrogen (secondary N) is 2. The standard InChI is InChI=1S/C31H33N3O6/c1-39-19-27(28(35)36)32-29(37)31(15-16-34(20-31)17-21-9-3-2-4-10-21)33-30(38)40-18-26-24-13-7-5-11-22(24)23-12-6-8-14-25(23)26/h2-14,26-27H,15-20H2,1H3,(H,32,37)(H,33,38)(H,35,36)/t27-,31?/m0/s1. The fraction of sp³-hybridized carbons (Fsp3) is 0.323. The molecule has 9 nitrogen and oxygen atoms in total. The molecule has 0 radical (unpaired) electrons. The van der Waals surface area contributed by atoms with Crippen molar-refractivity contribution in [1.82, 2.24) is 15.5 Å². The molecular formula is C31H33N3O6. The number of methoxy groups -OCH3 is 1. The molecule has 1 fully saturated rings. The minimum Gasteiger partial charge on any atom is -0.480 e. The van der Waals surface area contributed by atoms with Gasteiger partial charge < -0.3 is 25.2 Å². The second-order valence-corrected chi connectivity index (χ2v) is 10.3. The number of fused-ring (bicyclic) bond motifs is 3. The molecule has 0 saturated carbocycles. The first-order valence-electron chi connectivity index (χ1n) is 13.3. The second kappa shape index (κ2) is 11.9. The van der Waals surface area contributed by atoms with Crippen molar-refractivity contribution in [3.63, 3.8) is 0 Å². The predicted molar refractivity (Wildman–Crippen MR) is 149 cm³/mol. The number of amides is 2. The minimum atomic E-state index is -1.36. The number of hydrogen-bond donors (Lipinski definition) is 3. The maximum atomic E-state index is 13.6. The van der Waals surface area contributed by atoms with Crippen LogP contribution in [0.2, 0.25) is 0 Å². The van der Waals surface area contributed by atoms with E-state index in [9.17, 15) is 19.5 Å². The van der Waals surface area contributed by atoms with Crippen molar-refractivity contribution in [2.75, 3.05) is 33.4 Å². The van der Waals surface area contributed by atoms with E-state index in [0.29, 0.717) is 19.5 Å². The number of hydrogen-bond acceptors (Lipinski definition) is 6. The summed E-state index contributed by atoms with van der Waals surface area (Å²) < 4.78 is 10.7. The van der Waals surface area contributed by atoms with Crippen molar-refractivity contribution in [3.8, 4) is 11.1 Å². The molecule has 1 saturated heterocycles. The molecule has 5 rings (SSSR count). The van der Waals surface area contributed by atoms with Gasteiger partial charge in [-0.1, -0.05) is 78.9 Å². The number of aliphatic carboxylic acids is 1. The van der Waals surface area contributed by atoms with E-state index >= 15 is 0 Å². The van der Waals surface area contributed by atoms with Crippen LogP contribution in [0, 0.1) is 0 Å². The third-order valence-corrected chi connectivity index (χ3v) is 7.65. The van der Waals surface area contributed by atoms with Crippen LogP contribution in [-0.4, -0.2) is 73.0 Å². The number of alkyl carbamates (subject to hydrolysis) is 1. The highest BCUT2D eigenvalue weighted by Crippen LogP contribution is 2.44. The van der Waals surface area contributed by atoms with Gasteiger partial charge in [0.2, 0.25) is 5.91 Å². The molecule has 9 heteroatoms. The summed E-state index contributed by atoms with van der Waals surface area (Å²) in [6, 6.07) is 24.7. The quantitative estimate of drug-likeness (QED) is 0.359. The lowest BCUT2D eigenvalue weighted by Crippen LogP contribution is -2.63. The van der Waals surface area contributed by atoms with E-state index in [2.05, 4.69) is 27.7 Å². The van der Waals surface area contributed by atoms with Crippen molar-refractivity contribution in [2.45, 2.75) is 30.5 Å². The Hall–Kier alpha value is -4.21. The van der Waals surface area contributed by atoms with Crippen molar-refractivity contribution in [1.29, 1.82) is 0 Å². The molecule has 2 amide bonds. The molecule has 1 heterocycles. The highest BCUT2D eigenvalue weighted by Gasteiger charge is 2.47. The third kappa shape index (κ3) is 5.71. The average Bonchev–Trinajstić information content (AvgIpc) is 3.51. The minimum absolute atomic E-state index is 0.104. The van der Waals surface area contributed by atoms with Crippen LogP contribution in [0.15, 0.2) is 78.9 Å². The van der Waals surface area contributed by atoms with E-state index in [0.717, 1.165) is 27.8 Å². The lowest BCUT2D eigenvalue weighted by atomic mass is 9.96. The molecule has 1 aliphatic heterocycles. The van der Waals surface area contributed by atoms with Gasteiger partial charge in [-0.2, -0.15) is 0 Å². The van der Waals surface area contributed by atoms with Crippen molar-refractivity contribution in [3.05, 3.63) is 95.6 Å². The first kappa shape index (κ1) is 27.4. The summed E-state index contributed by atoms with van der Waals surface area (Å²) in [5, 5.41) is 14.9. The summed E-state index contributed by atoms with van der Waals surface area (Å²) >= 11 is 0. The van der Waals surface area contributed by atoms with Gasteiger partial charge in [0.05, 0.1) is 6.61 Å². The number of carboxylic acids is 1. The Kier molecular flexibility index (Phi) is 8.14. The van der Waals surface area contributed by atoms with E-state index in [-0.39, 0.29) is 25.7 Å². The van der Waals surface area contributed by atoms with E-state index in [1.807, 2.05) is 66.7 Å².